The average molecular weight is 226 g/mol. The van der Waals surface area contributed by atoms with E-state index in [0.717, 1.165) is 45.3 Å². The minimum absolute atomic E-state index is 0.267. The molecule has 0 unspecified atom stereocenters. The molecule has 16 heavy (non-hydrogen) atoms. The molecule has 0 spiro atoms. The van der Waals surface area contributed by atoms with E-state index in [4.69, 9.17) is 5.73 Å². The van der Waals surface area contributed by atoms with Crippen LogP contribution in [0.4, 0.5) is 0 Å². The van der Waals surface area contributed by atoms with Crippen molar-refractivity contribution in [3.63, 3.8) is 0 Å². The van der Waals surface area contributed by atoms with Crippen LogP contribution in [0, 0.1) is 5.92 Å². The quantitative estimate of drug-likeness (QED) is 0.764. The van der Waals surface area contributed by atoms with E-state index in [2.05, 4.69) is 18.7 Å². The van der Waals surface area contributed by atoms with Crippen molar-refractivity contribution < 1.29 is 5.11 Å². The summed E-state index contributed by atoms with van der Waals surface area (Å²) in [6, 6.07) is 0. The van der Waals surface area contributed by atoms with E-state index in [1.807, 2.05) is 0 Å². The summed E-state index contributed by atoms with van der Waals surface area (Å²) < 4.78 is 0. The number of nitrogens with zero attached hydrogens (tertiary/aromatic N) is 1. The fourth-order valence-electron chi connectivity index (χ4n) is 3.14. The zero-order valence-corrected chi connectivity index (χ0v) is 10.7. The van der Waals surface area contributed by atoms with Crippen LogP contribution < -0.4 is 5.73 Å². The molecule has 0 aromatic heterocycles. The third kappa shape index (κ3) is 2.13. The highest BCUT2D eigenvalue weighted by Crippen LogP contribution is 2.43. The first kappa shape index (κ1) is 12.3. The molecular weight excluding hydrogens is 200 g/mol. The molecule has 0 aromatic carbocycles. The van der Waals surface area contributed by atoms with E-state index in [-0.39, 0.29) is 5.54 Å². The summed E-state index contributed by atoms with van der Waals surface area (Å²) in [6.07, 6.45) is 4.92. The average Bonchev–Trinajstić information content (AvgIpc) is 2.17. The van der Waals surface area contributed by atoms with Gasteiger partial charge in [-0.15, -0.1) is 0 Å². The Morgan fingerprint density at radius 3 is 2.12 bits per heavy atom. The molecule has 1 saturated carbocycles. The van der Waals surface area contributed by atoms with Gasteiger partial charge < -0.3 is 15.7 Å². The van der Waals surface area contributed by atoms with Gasteiger partial charge >= 0.3 is 0 Å². The molecule has 2 fully saturated rings. The molecule has 0 bridgehead atoms. The highest BCUT2D eigenvalue weighted by molar-refractivity contribution is 5.10. The number of rotatable bonds is 3. The number of nitrogens with two attached hydrogens (primary N) is 1. The van der Waals surface area contributed by atoms with Crippen molar-refractivity contribution in [2.75, 3.05) is 19.6 Å². The van der Waals surface area contributed by atoms with Crippen molar-refractivity contribution in [3.8, 4) is 0 Å². The largest absolute Gasteiger partial charge is 0.388 e. The summed E-state index contributed by atoms with van der Waals surface area (Å²) in [5.41, 5.74) is 5.44. The van der Waals surface area contributed by atoms with E-state index < -0.39 is 5.60 Å². The van der Waals surface area contributed by atoms with Gasteiger partial charge in [-0.25, -0.2) is 0 Å². The third-order valence-corrected chi connectivity index (χ3v) is 4.48. The second-order valence-corrected chi connectivity index (χ2v) is 6.24. The summed E-state index contributed by atoms with van der Waals surface area (Å²) in [5, 5.41) is 10.7. The molecule has 1 aliphatic carbocycles. The van der Waals surface area contributed by atoms with Crippen molar-refractivity contribution in [2.24, 2.45) is 11.7 Å². The van der Waals surface area contributed by atoms with E-state index in [9.17, 15) is 5.11 Å². The van der Waals surface area contributed by atoms with Gasteiger partial charge in [0.1, 0.15) is 0 Å². The first-order valence-electron chi connectivity index (χ1n) is 6.69. The predicted molar refractivity (Wildman–Crippen MR) is 66.2 cm³/mol. The monoisotopic (exact) mass is 226 g/mol. The minimum Gasteiger partial charge on any atom is -0.388 e. The summed E-state index contributed by atoms with van der Waals surface area (Å²) in [5.74, 6) is 0.710. The van der Waals surface area contributed by atoms with Crippen molar-refractivity contribution in [1.82, 2.24) is 4.90 Å². The second kappa shape index (κ2) is 4.28. The molecule has 0 amide bonds. The van der Waals surface area contributed by atoms with Crippen molar-refractivity contribution in [1.29, 1.82) is 0 Å². The SMILES string of the molecule is CC(C)CN1CCC(O)(C2(N)CCC2)CC1. The topological polar surface area (TPSA) is 49.5 Å². The Bertz CT molecular complexity index is 240. The van der Waals surface area contributed by atoms with Gasteiger partial charge in [0.2, 0.25) is 0 Å². The van der Waals surface area contributed by atoms with Gasteiger partial charge in [-0.05, 0) is 38.0 Å². The van der Waals surface area contributed by atoms with E-state index >= 15 is 0 Å². The Hall–Kier alpha value is -0.120. The lowest BCUT2D eigenvalue weighted by atomic mass is 9.62. The lowest BCUT2D eigenvalue weighted by Gasteiger charge is -2.54. The summed E-state index contributed by atoms with van der Waals surface area (Å²) >= 11 is 0. The molecule has 1 aliphatic heterocycles. The van der Waals surface area contributed by atoms with Gasteiger partial charge in [0, 0.05) is 25.2 Å². The summed E-state index contributed by atoms with van der Waals surface area (Å²) in [4.78, 5) is 2.46. The molecule has 1 heterocycles. The van der Waals surface area contributed by atoms with Crippen LogP contribution in [0.5, 0.6) is 0 Å². The maximum absolute atomic E-state index is 10.7. The maximum Gasteiger partial charge on any atom is 0.0850 e. The number of aliphatic hydroxyl groups is 1. The Balaban J connectivity index is 1.88. The number of hydrogen-bond acceptors (Lipinski definition) is 3. The minimum atomic E-state index is -0.585. The van der Waals surface area contributed by atoms with Crippen LogP contribution in [-0.2, 0) is 0 Å². The zero-order valence-electron chi connectivity index (χ0n) is 10.7. The van der Waals surface area contributed by atoms with E-state index in [1.54, 1.807) is 0 Å². The predicted octanol–water partition coefficient (Wildman–Crippen LogP) is 1.35. The molecule has 0 radical (unpaired) electrons. The van der Waals surface area contributed by atoms with Gasteiger partial charge in [-0.3, -0.25) is 0 Å². The third-order valence-electron chi connectivity index (χ3n) is 4.48. The van der Waals surface area contributed by atoms with Crippen molar-refractivity contribution in [3.05, 3.63) is 0 Å². The van der Waals surface area contributed by atoms with Gasteiger partial charge in [0.05, 0.1) is 5.60 Å². The second-order valence-electron chi connectivity index (χ2n) is 6.24. The van der Waals surface area contributed by atoms with E-state index in [0.29, 0.717) is 5.92 Å². The molecule has 3 nitrogen and oxygen atoms in total. The number of likely N-dealkylation sites (tertiary alicyclic amines) is 1. The maximum atomic E-state index is 10.7. The van der Waals surface area contributed by atoms with Gasteiger partial charge in [-0.1, -0.05) is 13.8 Å². The molecule has 3 N–H and O–H groups in total. The van der Waals surface area contributed by atoms with Crippen LogP contribution in [-0.4, -0.2) is 40.8 Å². The summed E-state index contributed by atoms with van der Waals surface area (Å²) in [7, 11) is 0. The standard InChI is InChI=1S/C13H26N2O/c1-11(2)10-15-8-6-13(16,7-9-15)12(14)4-3-5-12/h11,16H,3-10,14H2,1-2H3. The normalized spacial score (nSPS) is 29.1. The van der Waals surface area contributed by atoms with Crippen LogP contribution >= 0.6 is 0 Å². The van der Waals surface area contributed by atoms with Crippen LogP contribution in [0.1, 0.15) is 46.0 Å². The Labute approximate surface area is 99.0 Å². The molecular formula is C13H26N2O. The fourth-order valence-corrected chi connectivity index (χ4v) is 3.14. The first-order chi connectivity index (χ1) is 7.45. The van der Waals surface area contributed by atoms with Crippen molar-refractivity contribution >= 4 is 0 Å². The molecule has 0 aromatic rings. The first-order valence-corrected chi connectivity index (χ1v) is 6.69. The Morgan fingerprint density at radius 2 is 1.75 bits per heavy atom. The zero-order chi connectivity index (χ0) is 11.8. The van der Waals surface area contributed by atoms with Crippen molar-refractivity contribution in [2.45, 2.75) is 57.1 Å². The molecule has 3 heteroatoms. The smallest absolute Gasteiger partial charge is 0.0850 e. The van der Waals surface area contributed by atoms with E-state index in [1.165, 1.54) is 6.42 Å². The van der Waals surface area contributed by atoms with Crippen LogP contribution in [0.15, 0.2) is 0 Å². The molecule has 1 saturated heterocycles. The Kier molecular flexibility index (Phi) is 3.30. The highest BCUT2D eigenvalue weighted by atomic mass is 16.3. The lowest BCUT2D eigenvalue weighted by Crippen LogP contribution is -2.67. The van der Waals surface area contributed by atoms with Crippen LogP contribution in [0.3, 0.4) is 0 Å². The molecule has 2 aliphatic rings. The van der Waals surface area contributed by atoms with Gasteiger partial charge in [0.25, 0.3) is 0 Å². The highest BCUT2D eigenvalue weighted by Gasteiger charge is 2.52. The molecule has 0 atom stereocenters. The van der Waals surface area contributed by atoms with Gasteiger partial charge in [0.15, 0.2) is 0 Å². The Morgan fingerprint density at radius 1 is 1.19 bits per heavy atom. The number of hydrogen-bond donors (Lipinski definition) is 2. The molecule has 94 valence electrons. The summed E-state index contributed by atoms with van der Waals surface area (Å²) in [6.45, 7) is 7.66. The van der Waals surface area contributed by atoms with Gasteiger partial charge in [-0.2, -0.15) is 0 Å². The van der Waals surface area contributed by atoms with Crippen LogP contribution in [0.25, 0.3) is 0 Å². The number of piperidine rings is 1. The lowest BCUT2D eigenvalue weighted by molar-refractivity contribution is -0.108. The molecule has 2 rings (SSSR count). The fraction of sp³-hybridized carbons (Fsp3) is 1.00. The van der Waals surface area contributed by atoms with Crippen LogP contribution in [0.2, 0.25) is 0 Å².